The fourth-order valence-electron chi connectivity index (χ4n) is 2.97. The third-order valence-corrected chi connectivity index (χ3v) is 4.14. The van der Waals surface area contributed by atoms with Crippen LogP contribution in [-0.2, 0) is 0 Å². The number of rotatable bonds is 2. The third kappa shape index (κ3) is 2.18. The highest BCUT2D eigenvalue weighted by Crippen LogP contribution is 2.25. The molecule has 0 saturated heterocycles. The fraction of sp³-hybridized carbons (Fsp3) is 0.0500. The molecule has 3 aromatic carbocycles. The second-order valence-electron chi connectivity index (χ2n) is 5.44. The Morgan fingerprint density at radius 3 is 2.61 bits per heavy atom. The zero-order chi connectivity index (χ0) is 15.8. The van der Waals surface area contributed by atoms with E-state index in [0.29, 0.717) is 5.56 Å². The van der Waals surface area contributed by atoms with Crippen molar-refractivity contribution < 1.29 is 9.53 Å². The number of hydrogen-bond donors (Lipinski definition) is 0. The van der Waals surface area contributed by atoms with Crippen LogP contribution in [0.15, 0.2) is 72.9 Å². The number of benzene rings is 3. The molecule has 3 nitrogen and oxygen atoms in total. The second-order valence-corrected chi connectivity index (χ2v) is 5.44. The number of fused-ring (bicyclic) bond motifs is 2. The summed E-state index contributed by atoms with van der Waals surface area (Å²) in [6, 6.07) is 21.4. The van der Waals surface area contributed by atoms with Crippen molar-refractivity contribution in [3.63, 3.8) is 0 Å². The van der Waals surface area contributed by atoms with Crippen LogP contribution in [0.1, 0.15) is 10.4 Å². The van der Waals surface area contributed by atoms with Crippen molar-refractivity contribution in [2.45, 2.75) is 0 Å². The fourth-order valence-corrected chi connectivity index (χ4v) is 2.97. The molecule has 0 fully saturated rings. The van der Waals surface area contributed by atoms with Gasteiger partial charge in [0.2, 0.25) is 0 Å². The maximum absolute atomic E-state index is 13.0. The lowest BCUT2D eigenvalue weighted by Gasteiger charge is -2.09. The summed E-state index contributed by atoms with van der Waals surface area (Å²) in [6.45, 7) is 0. The molecule has 1 aromatic heterocycles. The standard InChI is InChI=1S/C20H15NO2/c1-23-16-9-10-17-15(13-16)6-4-7-18(17)20(22)21-12-11-14-5-2-3-8-19(14)21/h2-13H,1H3. The van der Waals surface area contributed by atoms with E-state index in [1.165, 1.54) is 0 Å². The van der Waals surface area contributed by atoms with E-state index in [-0.39, 0.29) is 5.91 Å². The predicted molar refractivity (Wildman–Crippen MR) is 92.2 cm³/mol. The van der Waals surface area contributed by atoms with Crippen LogP contribution in [0.3, 0.4) is 0 Å². The van der Waals surface area contributed by atoms with Gasteiger partial charge < -0.3 is 4.74 Å². The Labute approximate surface area is 133 Å². The smallest absolute Gasteiger partial charge is 0.262 e. The van der Waals surface area contributed by atoms with Crippen molar-refractivity contribution in [1.29, 1.82) is 0 Å². The zero-order valence-electron chi connectivity index (χ0n) is 12.7. The largest absolute Gasteiger partial charge is 0.497 e. The lowest BCUT2D eigenvalue weighted by molar-refractivity contribution is 0.0966. The molecule has 0 spiro atoms. The molecule has 0 atom stereocenters. The molecule has 4 aromatic rings. The molecule has 3 heteroatoms. The van der Waals surface area contributed by atoms with Crippen LogP contribution in [-0.4, -0.2) is 17.6 Å². The number of ether oxygens (including phenoxy) is 1. The number of methoxy groups -OCH3 is 1. The van der Waals surface area contributed by atoms with E-state index in [1.54, 1.807) is 11.7 Å². The first kappa shape index (κ1) is 13.6. The van der Waals surface area contributed by atoms with E-state index >= 15 is 0 Å². The highest BCUT2D eigenvalue weighted by Gasteiger charge is 2.14. The van der Waals surface area contributed by atoms with Crippen molar-refractivity contribution in [1.82, 2.24) is 4.57 Å². The SMILES string of the molecule is COc1ccc2c(C(=O)n3ccc4ccccc43)cccc2c1. The van der Waals surface area contributed by atoms with E-state index in [9.17, 15) is 4.79 Å². The van der Waals surface area contributed by atoms with Crippen LogP contribution < -0.4 is 4.74 Å². The number of aromatic nitrogens is 1. The van der Waals surface area contributed by atoms with Crippen molar-refractivity contribution in [2.24, 2.45) is 0 Å². The molecule has 0 aliphatic heterocycles. The molecule has 0 radical (unpaired) electrons. The first-order valence-corrected chi connectivity index (χ1v) is 7.45. The Morgan fingerprint density at radius 1 is 0.913 bits per heavy atom. The molecule has 0 aliphatic carbocycles. The van der Waals surface area contributed by atoms with Crippen LogP contribution in [0.25, 0.3) is 21.7 Å². The number of carbonyl (C=O) groups excluding carboxylic acids is 1. The molecule has 0 aliphatic rings. The van der Waals surface area contributed by atoms with Crippen molar-refractivity contribution in [3.8, 4) is 5.75 Å². The van der Waals surface area contributed by atoms with Gasteiger partial charge in [-0.15, -0.1) is 0 Å². The summed E-state index contributed by atoms with van der Waals surface area (Å²) in [5, 5.41) is 2.98. The molecule has 0 amide bonds. The van der Waals surface area contributed by atoms with Gasteiger partial charge in [0.25, 0.3) is 5.91 Å². The van der Waals surface area contributed by atoms with Crippen molar-refractivity contribution in [3.05, 3.63) is 78.5 Å². The number of hydrogen-bond acceptors (Lipinski definition) is 2. The Kier molecular flexibility index (Phi) is 3.12. The minimum absolute atomic E-state index is 0.0260. The molecule has 0 N–H and O–H groups in total. The van der Waals surface area contributed by atoms with Gasteiger partial charge in [-0.25, -0.2) is 0 Å². The van der Waals surface area contributed by atoms with Crippen molar-refractivity contribution >= 4 is 27.6 Å². The lowest BCUT2D eigenvalue weighted by Crippen LogP contribution is -2.11. The summed E-state index contributed by atoms with van der Waals surface area (Å²) < 4.78 is 6.97. The monoisotopic (exact) mass is 301 g/mol. The van der Waals surface area contributed by atoms with E-state index in [4.69, 9.17) is 4.74 Å². The van der Waals surface area contributed by atoms with Gasteiger partial charge in [-0.2, -0.15) is 0 Å². The van der Waals surface area contributed by atoms with Crippen LogP contribution >= 0.6 is 0 Å². The van der Waals surface area contributed by atoms with Gasteiger partial charge in [0.15, 0.2) is 0 Å². The number of nitrogens with zero attached hydrogens (tertiary/aromatic N) is 1. The Bertz CT molecular complexity index is 1030. The summed E-state index contributed by atoms with van der Waals surface area (Å²) in [4.78, 5) is 13.0. The van der Waals surface area contributed by atoms with Gasteiger partial charge in [0.1, 0.15) is 5.75 Å². The number of carbonyl (C=O) groups is 1. The maximum Gasteiger partial charge on any atom is 0.262 e. The first-order valence-electron chi connectivity index (χ1n) is 7.45. The third-order valence-electron chi connectivity index (χ3n) is 4.14. The van der Waals surface area contributed by atoms with Gasteiger partial charge in [-0.05, 0) is 47.2 Å². The minimum Gasteiger partial charge on any atom is -0.497 e. The Hall–Kier alpha value is -3.07. The molecule has 0 saturated carbocycles. The predicted octanol–water partition coefficient (Wildman–Crippen LogP) is 4.49. The second kappa shape index (κ2) is 5.29. The van der Waals surface area contributed by atoms with E-state index in [0.717, 1.165) is 27.4 Å². The average molecular weight is 301 g/mol. The number of para-hydroxylation sites is 1. The minimum atomic E-state index is -0.0260. The highest BCUT2D eigenvalue weighted by molar-refractivity contribution is 6.10. The summed E-state index contributed by atoms with van der Waals surface area (Å²) in [5.41, 5.74) is 1.61. The molecule has 23 heavy (non-hydrogen) atoms. The Morgan fingerprint density at radius 2 is 1.74 bits per heavy atom. The van der Waals surface area contributed by atoms with Crippen LogP contribution in [0, 0.1) is 0 Å². The molecule has 1 heterocycles. The van der Waals surface area contributed by atoms with Gasteiger partial charge in [-0.1, -0.05) is 30.3 Å². The van der Waals surface area contributed by atoms with E-state index in [2.05, 4.69) is 0 Å². The average Bonchev–Trinajstić information content (AvgIpc) is 3.04. The molecular weight excluding hydrogens is 286 g/mol. The normalized spacial score (nSPS) is 11.0. The van der Waals surface area contributed by atoms with Crippen molar-refractivity contribution in [2.75, 3.05) is 7.11 Å². The molecule has 4 rings (SSSR count). The molecule has 112 valence electrons. The summed E-state index contributed by atoms with van der Waals surface area (Å²) in [5.74, 6) is 0.760. The maximum atomic E-state index is 13.0. The summed E-state index contributed by atoms with van der Waals surface area (Å²) in [6.07, 6.45) is 1.83. The Balaban J connectivity index is 1.90. The van der Waals surface area contributed by atoms with E-state index in [1.807, 2.05) is 72.9 Å². The molecular formula is C20H15NO2. The lowest BCUT2D eigenvalue weighted by atomic mass is 10.0. The molecule has 0 bridgehead atoms. The van der Waals surface area contributed by atoms with Crippen LogP contribution in [0.4, 0.5) is 0 Å². The molecule has 0 unspecified atom stereocenters. The van der Waals surface area contributed by atoms with Gasteiger partial charge in [-0.3, -0.25) is 9.36 Å². The highest BCUT2D eigenvalue weighted by atomic mass is 16.5. The van der Waals surface area contributed by atoms with Crippen LogP contribution in [0.5, 0.6) is 5.75 Å². The summed E-state index contributed by atoms with van der Waals surface area (Å²) >= 11 is 0. The summed E-state index contributed by atoms with van der Waals surface area (Å²) in [7, 11) is 1.64. The van der Waals surface area contributed by atoms with Crippen LogP contribution in [0.2, 0.25) is 0 Å². The van der Waals surface area contributed by atoms with Gasteiger partial charge >= 0.3 is 0 Å². The van der Waals surface area contributed by atoms with Gasteiger partial charge in [0, 0.05) is 17.1 Å². The topological polar surface area (TPSA) is 31.2 Å². The first-order chi connectivity index (χ1) is 11.3. The van der Waals surface area contributed by atoms with E-state index < -0.39 is 0 Å². The quantitative estimate of drug-likeness (QED) is 0.546. The van der Waals surface area contributed by atoms with Gasteiger partial charge in [0.05, 0.1) is 12.6 Å². The zero-order valence-corrected chi connectivity index (χ0v) is 12.7.